The summed E-state index contributed by atoms with van der Waals surface area (Å²) in [6, 6.07) is 11.7. The van der Waals surface area contributed by atoms with Gasteiger partial charge in [-0.3, -0.25) is 0 Å². The van der Waals surface area contributed by atoms with Crippen LogP contribution in [0.15, 0.2) is 47.1 Å². The largest absolute Gasteiger partial charge is 0.340 e. The molecule has 0 bridgehead atoms. The van der Waals surface area contributed by atoms with Gasteiger partial charge >= 0.3 is 0 Å². The van der Waals surface area contributed by atoms with Crippen molar-refractivity contribution in [3.8, 4) is 0 Å². The highest BCUT2D eigenvalue weighted by Crippen LogP contribution is 2.16. The van der Waals surface area contributed by atoms with Gasteiger partial charge in [0.05, 0.1) is 0 Å². The maximum absolute atomic E-state index is 12.6. The average Bonchev–Trinajstić information content (AvgIpc) is 2.22. The van der Waals surface area contributed by atoms with Crippen molar-refractivity contribution in [3.63, 3.8) is 0 Å². The number of anilines is 2. The molecule has 76 valence electrons. The highest BCUT2D eigenvalue weighted by Gasteiger charge is 1.96. The Morgan fingerprint density at radius 3 is 2.47 bits per heavy atom. The van der Waals surface area contributed by atoms with Gasteiger partial charge in [0.15, 0.2) is 0 Å². The highest BCUT2D eigenvalue weighted by atomic mass is 79.9. The molecule has 4 heteroatoms. The van der Waals surface area contributed by atoms with Crippen LogP contribution in [-0.2, 0) is 0 Å². The van der Waals surface area contributed by atoms with Gasteiger partial charge in [-0.05, 0) is 52.3 Å². The Morgan fingerprint density at radius 1 is 1.07 bits per heavy atom. The highest BCUT2D eigenvalue weighted by molar-refractivity contribution is 9.10. The van der Waals surface area contributed by atoms with Crippen molar-refractivity contribution in [1.82, 2.24) is 4.98 Å². The van der Waals surface area contributed by atoms with E-state index in [9.17, 15) is 4.39 Å². The SMILES string of the molecule is Fc1ccc(Nc2cccc(Br)n2)cc1. The van der Waals surface area contributed by atoms with Crippen LogP contribution >= 0.6 is 15.9 Å². The molecule has 0 saturated heterocycles. The lowest BCUT2D eigenvalue weighted by Gasteiger charge is -2.05. The molecule has 1 aromatic carbocycles. The Hall–Kier alpha value is -1.42. The smallest absolute Gasteiger partial charge is 0.131 e. The second-order valence-corrected chi connectivity index (χ2v) is 3.79. The molecule has 1 heterocycles. The molecule has 0 atom stereocenters. The standard InChI is InChI=1S/C11H8BrFN2/c12-10-2-1-3-11(15-10)14-9-6-4-8(13)5-7-9/h1-7H,(H,14,15). The summed E-state index contributed by atoms with van der Waals surface area (Å²) in [6.07, 6.45) is 0. The number of nitrogens with zero attached hydrogens (tertiary/aromatic N) is 1. The Bertz CT molecular complexity index is 456. The second kappa shape index (κ2) is 4.40. The molecule has 0 aliphatic rings. The molecule has 15 heavy (non-hydrogen) atoms. The van der Waals surface area contributed by atoms with Crippen LogP contribution in [0.3, 0.4) is 0 Å². The lowest BCUT2D eigenvalue weighted by molar-refractivity contribution is 0.628. The van der Waals surface area contributed by atoms with E-state index < -0.39 is 0 Å². The Balaban J connectivity index is 2.18. The maximum atomic E-state index is 12.6. The van der Waals surface area contributed by atoms with Gasteiger partial charge in [-0.15, -0.1) is 0 Å². The van der Waals surface area contributed by atoms with Crippen molar-refractivity contribution in [2.75, 3.05) is 5.32 Å². The van der Waals surface area contributed by atoms with Gasteiger partial charge in [-0.25, -0.2) is 9.37 Å². The van der Waals surface area contributed by atoms with Gasteiger partial charge in [-0.1, -0.05) is 6.07 Å². The maximum Gasteiger partial charge on any atom is 0.131 e. The number of hydrogen-bond donors (Lipinski definition) is 1. The van der Waals surface area contributed by atoms with E-state index in [-0.39, 0.29) is 5.82 Å². The average molecular weight is 267 g/mol. The molecule has 0 amide bonds. The Kier molecular flexibility index (Phi) is 2.97. The van der Waals surface area contributed by atoms with Crippen molar-refractivity contribution in [2.45, 2.75) is 0 Å². The van der Waals surface area contributed by atoms with E-state index >= 15 is 0 Å². The van der Waals surface area contributed by atoms with E-state index in [1.165, 1.54) is 12.1 Å². The normalized spacial score (nSPS) is 10.0. The minimum absolute atomic E-state index is 0.247. The lowest BCUT2D eigenvalue weighted by atomic mass is 10.3. The first-order valence-electron chi connectivity index (χ1n) is 4.39. The van der Waals surface area contributed by atoms with Crippen molar-refractivity contribution >= 4 is 27.4 Å². The summed E-state index contributed by atoms with van der Waals surface area (Å²) in [7, 11) is 0. The van der Waals surface area contributed by atoms with Crippen molar-refractivity contribution in [1.29, 1.82) is 0 Å². The van der Waals surface area contributed by atoms with Gasteiger partial charge in [0, 0.05) is 5.69 Å². The van der Waals surface area contributed by atoms with Gasteiger partial charge < -0.3 is 5.32 Å². The summed E-state index contributed by atoms with van der Waals surface area (Å²) in [5, 5.41) is 3.06. The molecule has 0 fully saturated rings. The van der Waals surface area contributed by atoms with Crippen LogP contribution < -0.4 is 5.32 Å². The zero-order valence-corrected chi connectivity index (χ0v) is 9.33. The molecule has 0 saturated carbocycles. The van der Waals surface area contributed by atoms with Crippen LogP contribution in [0.1, 0.15) is 0 Å². The summed E-state index contributed by atoms with van der Waals surface area (Å²) in [5.41, 5.74) is 0.807. The van der Waals surface area contributed by atoms with Gasteiger partial charge in [-0.2, -0.15) is 0 Å². The van der Waals surface area contributed by atoms with Crippen LogP contribution in [-0.4, -0.2) is 4.98 Å². The van der Waals surface area contributed by atoms with E-state index in [1.54, 1.807) is 12.1 Å². The molecule has 2 nitrogen and oxygen atoms in total. The number of nitrogens with one attached hydrogen (secondary N) is 1. The quantitative estimate of drug-likeness (QED) is 0.838. The molecule has 1 aromatic heterocycles. The number of pyridine rings is 1. The van der Waals surface area contributed by atoms with Crippen LogP contribution in [0.4, 0.5) is 15.9 Å². The first-order valence-corrected chi connectivity index (χ1v) is 5.18. The summed E-state index contributed by atoms with van der Waals surface area (Å²) >= 11 is 3.28. The summed E-state index contributed by atoms with van der Waals surface area (Å²) in [5.74, 6) is 0.471. The molecule has 0 radical (unpaired) electrons. The van der Waals surface area contributed by atoms with Gasteiger partial charge in [0.1, 0.15) is 16.2 Å². The summed E-state index contributed by atoms with van der Waals surface area (Å²) < 4.78 is 13.4. The molecular weight excluding hydrogens is 259 g/mol. The minimum Gasteiger partial charge on any atom is -0.340 e. The third-order valence-electron chi connectivity index (χ3n) is 1.83. The number of halogens is 2. The first kappa shape index (κ1) is 10.1. The predicted octanol–water partition coefficient (Wildman–Crippen LogP) is 3.73. The molecule has 2 aromatic rings. The second-order valence-electron chi connectivity index (χ2n) is 2.98. The fourth-order valence-electron chi connectivity index (χ4n) is 1.16. The molecule has 0 unspecified atom stereocenters. The third-order valence-corrected chi connectivity index (χ3v) is 2.27. The molecule has 2 rings (SSSR count). The van der Waals surface area contributed by atoms with Crippen molar-refractivity contribution < 1.29 is 4.39 Å². The van der Waals surface area contributed by atoms with E-state index in [0.717, 1.165) is 16.1 Å². The van der Waals surface area contributed by atoms with Gasteiger partial charge in [0.2, 0.25) is 0 Å². The summed E-state index contributed by atoms with van der Waals surface area (Å²) in [6.45, 7) is 0. The van der Waals surface area contributed by atoms with E-state index in [2.05, 4.69) is 26.2 Å². The van der Waals surface area contributed by atoms with Crippen LogP contribution in [0.2, 0.25) is 0 Å². The molecule has 0 spiro atoms. The van der Waals surface area contributed by atoms with Crippen LogP contribution in [0, 0.1) is 5.82 Å². The number of hydrogen-bond acceptors (Lipinski definition) is 2. The number of aromatic nitrogens is 1. The molecule has 1 N–H and O–H groups in total. The van der Waals surface area contributed by atoms with Crippen LogP contribution in [0.5, 0.6) is 0 Å². The van der Waals surface area contributed by atoms with E-state index in [1.807, 2.05) is 18.2 Å². The molecule has 0 aliphatic carbocycles. The van der Waals surface area contributed by atoms with E-state index in [0.29, 0.717) is 0 Å². The Morgan fingerprint density at radius 2 is 1.80 bits per heavy atom. The molecule has 0 aliphatic heterocycles. The molecular formula is C11H8BrFN2. The zero-order valence-electron chi connectivity index (χ0n) is 7.74. The Labute approximate surface area is 95.3 Å². The predicted molar refractivity (Wildman–Crippen MR) is 61.6 cm³/mol. The fraction of sp³-hybridized carbons (Fsp3) is 0. The van der Waals surface area contributed by atoms with Crippen molar-refractivity contribution in [3.05, 3.63) is 52.9 Å². The first-order chi connectivity index (χ1) is 7.24. The van der Waals surface area contributed by atoms with Crippen LogP contribution in [0.25, 0.3) is 0 Å². The third kappa shape index (κ3) is 2.76. The van der Waals surface area contributed by atoms with Crippen molar-refractivity contribution in [2.24, 2.45) is 0 Å². The minimum atomic E-state index is -0.247. The lowest BCUT2D eigenvalue weighted by Crippen LogP contribution is -1.93. The van der Waals surface area contributed by atoms with E-state index in [4.69, 9.17) is 0 Å². The number of rotatable bonds is 2. The number of benzene rings is 1. The fourth-order valence-corrected chi connectivity index (χ4v) is 1.50. The topological polar surface area (TPSA) is 24.9 Å². The summed E-state index contributed by atoms with van der Waals surface area (Å²) in [4.78, 5) is 4.20. The van der Waals surface area contributed by atoms with Gasteiger partial charge in [0.25, 0.3) is 0 Å². The monoisotopic (exact) mass is 266 g/mol. The zero-order chi connectivity index (χ0) is 10.7.